The molecule has 3 atom stereocenters. The summed E-state index contributed by atoms with van der Waals surface area (Å²) in [6.45, 7) is 2.99. The first kappa shape index (κ1) is 53.5. The lowest BCUT2D eigenvalue weighted by Crippen LogP contribution is -2.52. The highest BCUT2D eigenvalue weighted by Crippen LogP contribution is 2.53. The first-order valence-electron chi connectivity index (χ1n) is 24.0. The molecule has 0 aromatic heterocycles. The summed E-state index contributed by atoms with van der Waals surface area (Å²) in [4.78, 5) is 13.1. The van der Waals surface area contributed by atoms with Gasteiger partial charge in [0.2, 0.25) is 5.75 Å². The second-order valence-corrected chi connectivity index (χ2v) is 18.6. The molecule has 0 aliphatic carbocycles. The number of fused-ring (bicyclic) bond motifs is 2. The second kappa shape index (κ2) is 25.8. The maximum absolute atomic E-state index is 10.6. The number of carbonyl (C=O) groups is 1. The maximum atomic E-state index is 10.6. The van der Waals surface area contributed by atoms with Gasteiger partial charge < -0.3 is 42.8 Å². The number of aliphatic carboxylic acids is 1. The Morgan fingerprint density at radius 2 is 1.26 bits per heavy atom. The van der Waals surface area contributed by atoms with E-state index in [0.717, 1.165) is 92.4 Å². The topological polar surface area (TPSA) is 98.8 Å². The zero-order valence-corrected chi connectivity index (χ0v) is 44.9. The Balaban J connectivity index is 0.00000408. The van der Waals surface area contributed by atoms with Gasteiger partial charge in [-0.1, -0.05) is 82.4 Å². The van der Waals surface area contributed by atoms with Crippen LogP contribution in [0.2, 0.25) is 0 Å². The van der Waals surface area contributed by atoms with Gasteiger partial charge in [0.05, 0.1) is 54.1 Å². The fraction of sp³-hybridized carbons (Fsp3) is 0.537. The van der Waals surface area contributed by atoms with E-state index in [4.69, 9.17) is 28.4 Å². The highest BCUT2D eigenvalue weighted by Gasteiger charge is 2.43. The summed E-state index contributed by atoms with van der Waals surface area (Å²) in [7, 11) is 11.5. The van der Waals surface area contributed by atoms with Crippen LogP contribution in [0.5, 0.6) is 46.0 Å². The Bertz CT molecular complexity index is 2180. The van der Waals surface area contributed by atoms with Crippen molar-refractivity contribution in [1.82, 2.24) is 4.90 Å². The molecule has 4 aliphatic heterocycles. The van der Waals surface area contributed by atoms with Crippen molar-refractivity contribution in [3.63, 3.8) is 0 Å². The molecule has 0 amide bonds. The molecule has 4 aromatic rings. The molecule has 0 radical (unpaired) electrons. The van der Waals surface area contributed by atoms with Crippen LogP contribution < -0.4 is 33.5 Å². The van der Waals surface area contributed by atoms with E-state index in [1.165, 1.54) is 80.0 Å². The number of carboxylic acid groups (broad SMARTS) is 1. The van der Waals surface area contributed by atoms with Gasteiger partial charge in [-0.05, 0) is 116 Å². The first-order chi connectivity index (χ1) is 31.1. The van der Waals surface area contributed by atoms with Crippen molar-refractivity contribution in [2.24, 2.45) is 0 Å². The van der Waals surface area contributed by atoms with E-state index in [1.807, 2.05) is 6.07 Å². The van der Waals surface area contributed by atoms with E-state index in [2.05, 4.69) is 73.6 Å². The average molecular weight is 1130 g/mol. The van der Waals surface area contributed by atoms with Gasteiger partial charge >= 0.3 is 0 Å². The lowest BCUT2D eigenvalue weighted by molar-refractivity contribution is -0.941. The number of carboxylic acids is 1. The lowest BCUT2D eigenvalue weighted by Gasteiger charge is -2.46. The van der Waals surface area contributed by atoms with Crippen LogP contribution in [0.25, 0.3) is 0 Å². The predicted molar refractivity (Wildman–Crippen MR) is 281 cm³/mol. The SMILES string of the molecule is COc1ccc2cc1Oc1ccc(cc1)CC1c3cc(c(OC)cc3CCN1C)Oc1c(OC)c(OC)cc3c1C(C2)[N+](C)(CCCCCCCCCCCCCCCC(=O)[O-])CC3.I.I. The number of quaternary nitrogens is 1. The zero-order chi connectivity index (χ0) is 45.1. The molecule has 10 nitrogen and oxygen atoms in total. The number of hydrogen-bond donors (Lipinski definition) is 0. The number of hydrogen-bond acceptors (Lipinski definition) is 9. The van der Waals surface area contributed by atoms with Gasteiger partial charge in [0.15, 0.2) is 34.5 Å². The number of nitrogens with zero attached hydrogens (tertiary/aromatic N) is 2. The Kier molecular flexibility index (Phi) is 20.9. The summed E-state index contributed by atoms with van der Waals surface area (Å²) in [6, 6.07) is 21.6. The Morgan fingerprint density at radius 1 is 0.667 bits per heavy atom. The van der Waals surface area contributed by atoms with Crippen molar-refractivity contribution in [3.05, 3.63) is 94.0 Å². The number of methoxy groups -OCH3 is 4. The van der Waals surface area contributed by atoms with Crippen LogP contribution in [0.1, 0.15) is 135 Å². The van der Waals surface area contributed by atoms with E-state index in [9.17, 15) is 9.90 Å². The summed E-state index contributed by atoms with van der Waals surface area (Å²) in [5.74, 6) is 4.59. The van der Waals surface area contributed by atoms with Gasteiger partial charge in [-0.15, -0.1) is 48.0 Å². The molecule has 362 valence electrons. The van der Waals surface area contributed by atoms with Crippen LogP contribution in [0.4, 0.5) is 0 Å². The quantitative estimate of drug-likeness (QED) is 0.0487. The summed E-state index contributed by atoms with van der Waals surface area (Å²) < 4.78 is 39.1. The van der Waals surface area contributed by atoms with Crippen LogP contribution in [0.15, 0.2) is 60.7 Å². The van der Waals surface area contributed by atoms with Gasteiger partial charge in [-0.2, -0.15) is 0 Å². The fourth-order valence-electron chi connectivity index (χ4n) is 10.5. The van der Waals surface area contributed by atoms with Crippen molar-refractivity contribution >= 4 is 53.9 Å². The van der Waals surface area contributed by atoms with Gasteiger partial charge in [-0.3, -0.25) is 4.90 Å². The van der Waals surface area contributed by atoms with E-state index in [1.54, 1.807) is 28.4 Å². The highest BCUT2D eigenvalue weighted by molar-refractivity contribution is 14.0. The third-order valence-corrected chi connectivity index (χ3v) is 14.3. The maximum Gasteiger partial charge on any atom is 0.204 e. The Hall–Kier alpha value is -3.47. The molecule has 0 saturated heterocycles. The Morgan fingerprint density at radius 3 is 1.88 bits per heavy atom. The van der Waals surface area contributed by atoms with Crippen LogP contribution in [-0.2, 0) is 30.5 Å². The van der Waals surface area contributed by atoms with E-state index >= 15 is 0 Å². The van der Waals surface area contributed by atoms with E-state index < -0.39 is 5.97 Å². The normalized spacial score (nSPS) is 18.5. The minimum atomic E-state index is -0.930. The van der Waals surface area contributed by atoms with Crippen LogP contribution in [0.3, 0.4) is 0 Å². The number of unbranched alkanes of at least 4 members (excludes halogenated alkanes) is 12. The third-order valence-electron chi connectivity index (χ3n) is 14.3. The molecule has 4 aromatic carbocycles. The summed E-state index contributed by atoms with van der Waals surface area (Å²) in [6.07, 6.45) is 18.9. The number of benzene rings is 4. The monoisotopic (exact) mass is 1130 g/mol. The van der Waals surface area contributed by atoms with Gasteiger partial charge in [-0.25, -0.2) is 0 Å². The molecular formula is C54H74I2N2O8. The van der Waals surface area contributed by atoms with Crippen LogP contribution in [-0.4, -0.2) is 77.5 Å². The number of ether oxygens (including phenoxy) is 6. The molecule has 4 aliphatic rings. The van der Waals surface area contributed by atoms with Crippen molar-refractivity contribution in [3.8, 4) is 46.0 Å². The molecule has 4 heterocycles. The number of rotatable bonds is 20. The fourth-order valence-corrected chi connectivity index (χ4v) is 10.5. The standard InChI is InChI=1S/C54H72N2O8.2HI/c1-55-29-27-40-35-47(60-4)49-37-43(40)44(55)32-38-21-24-42(25-22-38)63-48-34-39(23-26-46(48)59-3)33-45-52-41(36-50(61-5)53(62-6)54(52)64-49)28-31-56(45,2)30-19-17-15-13-11-9-7-8-10-12-14-16-18-20-51(57)58;;/h21-26,34-37,44-45H,7-20,27-33H2,1-6H3;2*1H. The molecule has 0 saturated carbocycles. The summed E-state index contributed by atoms with van der Waals surface area (Å²) in [5.41, 5.74) is 7.29. The summed E-state index contributed by atoms with van der Waals surface area (Å²) in [5, 5.41) is 10.6. The lowest BCUT2D eigenvalue weighted by atomic mass is 9.85. The molecule has 0 fully saturated rings. The van der Waals surface area contributed by atoms with E-state index in [-0.39, 0.29) is 66.5 Å². The summed E-state index contributed by atoms with van der Waals surface area (Å²) >= 11 is 0. The number of carbonyl (C=O) groups excluding carboxylic acids is 1. The number of likely N-dealkylation sites (N-methyl/N-ethyl adjacent to an activating group) is 2. The minimum absolute atomic E-state index is 0. The van der Waals surface area contributed by atoms with Crippen molar-refractivity contribution in [2.45, 2.75) is 128 Å². The van der Waals surface area contributed by atoms with Crippen molar-refractivity contribution < 1.29 is 42.8 Å². The zero-order valence-electron chi connectivity index (χ0n) is 40.3. The molecule has 12 heteroatoms. The Labute approximate surface area is 428 Å². The molecular weight excluding hydrogens is 1060 g/mol. The second-order valence-electron chi connectivity index (χ2n) is 18.6. The molecule has 66 heavy (non-hydrogen) atoms. The van der Waals surface area contributed by atoms with Gasteiger partial charge in [0.25, 0.3) is 0 Å². The highest BCUT2D eigenvalue weighted by atomic mass is 127. The van der Waals surface area contributed by atoms with Crippen molar-refractivity contribution in [1.29, 1.82) is 0 Å². The van der Waals surface area contributed by atoms with Crippen LogP contribution >= 0.6 is 48.0 Å². The average Bonchev–Trinajstić information content (AvgIpc) is 3.29. The van der Waals surface area contributed by atoms with Gasteiger partial charge in [0, 0.05) is 31.4 Å². The molecule has 3 unspecified atom stereocenters. The molecule has 8 rings (SSSR count). The van der Waals surface area contributed by atoms with Gasteiger partial charge in [0.1, 0.15) is 11.8 Å². The van der Waals surface area contributed by atoms with Crippen molar-refractivity contribution in [2.75, 3.05) is 62.2 Å². The van der Waals surface area contributed by atoms with E-state index in [0.29, 0.717) is 40.2 Å². The minimum Gasteiger partial charge on any atom is -0.550 e. The molecule has 6 bridgehead atoms. The third kappa shape index (κ3) is 13.2. The largest absolute Gasteiger partial charge is 0.550 e. The smallest absolute Gasteiger partial charge is 0.204 e. The predicted octanol–water partition coefficient (Wildman–Crippen LogP) is 12.1. The molecule has 0 spiro atoms. The molecule has 0 N–H and O–H groups in total. The van der Waals surface area contributed by atoms with Crippen LogP contribution in [0, 0.1) is 0 Å². The first-order valence-corrected chi connectivity index (χ1v) is 24.0. The number of halogens is 2.